The third-order valence-electron chi connectivity index (χ3n) is 4.76. The smallest absolute Gasteiger partial charge is 0.548 e. The minimum Gasteiger partial charge on any atom is -0.548 e. The van der Waals surface area contributed by atoms with Gasteiger partial charge in [-0.1, -0.05) is 67.2 Å². The van der Waals surface area contributed by atoms with Crippen molar-refractivity contribution in [1.82, 2.24) is 4.90 Å². The standard InChI is InChI=1S/C22H23NO4S2.Ca/c1-15(14-28-22(27)16-8-4-2-5-9-16)20(24)23-13-18(12-19(23)21(25)26)29-17-10-6-3-7-11-17;/h2-11,15,18-19H,12-14H2,1H3,(H,25,26);/q;+2/p-1. The van der Waals surface area contributed by atoms with Gasteiger partial charge >= 0.3 is 37.7 Å². The van der Waals surface area contributed by atoms with Crippen LogP contribution in [0.25, 0.3) is 0 Å². The Morgan fingerprint density at radius 2 is 1.67 bits per heavy atom. The first-order chi connectivity index (χ1) is 14.0. The number of carboxylic acids is 1. The quantitative estimate of drug-likeness (QED) is 0.581. The second-order valence-electron chi connectivity index (χ2n) is 6.98. The number of benzene rings is 2. The number of nitrogens with zero attached hydrogens (tertiary/aromatic N) is 1. The molecule has 1 saturated heterocycles. The Morgan fingerprint density at radius 1 is 1.07 bits per heavy atom. The molecule has 2 aromatic carbocycles. The number of carbonyl (C=O) groups is 3. The fourth-order valence-corrected chi connectivity index (χ4v) is 5.31. The van der Waals surface area contributed by atoms with Gasteiger partial charge in [0.1, 0.15) is 0 Å². The first kappa shape index (κ1) is 25.3. The molecular formula is C22H22CaNO4S2+. The zero-order chi connectivity index (χ0) is 20.8. The first-order valence-electron chi connectivity index (χ1n) is 9.41. The molecule has 0 bridgehead atoms. The first-order valence-corrected chi connectivity index (χ1v) is 11.3. The molecule has 2 aromatic rings. The molecule has 0 radical (unpaired) electrons. The van der Waals surface area contributed by atoms with E-state index >= 15 is 0 Å². The van der Waals surface area contributed by atoms with E-state index in [0.717, 1.165) is 16.7 Å². The molecule has 3 atom stereocenters. The molecule has 5 nitrogen and oxygen atoms in total. The van der Waals surface area contributed by atoms with Crippen molar-refractivity contribution >= 4 is 78.3 Å². The van der Waals surface area contributed by atoms with Gasteiger partial charge < -0.3 is 14.8 Å². The molecule has 1 aliphatic heterocycles. The third kappa shape index (κ3) is 6.75. The summed E-state index contributed by atoms with van der Waals surface area (Å²) in [6.07, 6.45) is 0.358. The van der Waals surface area contributed by atoms with Gasteiger partial charge in [0.25, 0.3) is 0 Å². The molecule has 1 aliphatic rings. The molecule has 3 rings (SSSR count). The number of carbonyl (C=O) groups excluding carboxylic acids is 3. The topological polar surface area (TPSA) is 77.5 Å². The van der Waals surface area contributed by atoms with E-state index in [1.807, 2.05) is 36.4 Å². The molecule has 0 aromatic heterocycles. The van der Waals surface area contributed by atoms with E-state index in [-0.39, 0.29) is 54.0 Å². The van der Waals surface area contributed by atoms with Gasteiger partial charge in [-0.3, -0.25) is 9.59 Å². The Bertz CT molecular complexity index is 866. The molecule has 0 aliphatic carbocycles. The average molecular weight is 469 g/mol. The molecule has 1 fully saturated rings. The molecule has 0 N–H and O–H groups in total. The van der Waals surface area contributed by atoms with Crippen LogP contribution in [0.1, 0.15) is 23.7 Å². The second kappa shape index (κ2) is 12.1. The molecule has 152 valence electrons. The van der Waals surface area contributed by atoms with E-state index in [1.165, 1.54) is 4.90 Å². The Morgan fingerprint density at radius 3 is 2.27 bits per heavy atom. The summed E-state index contributed by atoms with van der Waals surface area (Å²) in [6, 6.07) is 17.7. The van der Waals surface area contributed by atoms with Crippen LogP contribution >= 0.6 is 23.5 Å². The maximum atomic E-state index is 12.9. The van der Waals surface area contributed by atoms with Crippen LogP contribution in [0, 0.1) is 5.92 Å². The van der Waals surface area contributed by atoms with E-state index in [4.69, 9.17) is 0 Å². The number of thioether (sulfide) groups is 2. The van der Waals surface area contributed by atoms with Crippen LogP contribution in [0.2, 0.25) is 0 Å². The van der Waals surface area contributed by atoms with Crippen molar-refractivity contribution in [2.45, 2.75) is 29.5 Å². The second-order valence-corrected chi connectivity index (χ2v) is 9.35. The maximum Gasteiger partial charge on any atom is 2.00 e. The van der Waals surface area contributed by atoms with Crippen molar-refractivity contribution in [1.29, 1.82) is 0 Å². The summed E-state index contributed by atoms with van der Waals surface area (Å²) >= 11 is 2.66. The number of aliphatic carboxylic acids is 1. The summed E-state index contributed by atoms with van der Waals surface area (Å²) in [5, 5.41) is 11.5. The van der Waals surface area contributed by atoms with Crippen molar-refractivity contribution in [3.63, 3.8) is 0 Å². The molecule has 1 heterocycles. The van der Waals surface area contributed by atoms with Crippen LogP contribution in [0.4, 0.5) is 0 Å². The predicted molar refractivity (Wildman–Crippen MR) is 119 cm³/mol. The molecular weight excluding hydrogens is 446 g/mol. The van der Waals surface area contributed by atoms with Crippen molar-refractivity contribution in [2.24, 2.45) is 5.92 Å². The van der Waals surface area contributed by atoms with Crippen molar-refractivity contribution in [3.05, 3.63) is 66.2 Å². The Balaban J connectivity index is 0.00000320. The van der Waals surface area contributed by atoms with E-state index in [2.05, 4.69) is 0 Å². The summed E-state index contributed by atoms with van der Waals surface area (Å²) in [7, 11) is 0. The zero-order valence-corrected chi connectivity index (χ0v) is 20.6. The van der Waals surface area contributed by atoms with Gasteiger partial charge in [-0.2, -0.15) is 0 Å². The summed E-state index contributed by atoms with van der Waals surface area (Å²) in [4.78, 5) is 39.2. The maximum absolute atomic E-state index is 12.9. The molecule has 1 amide bonds. The Hall–Kier alpha value is -0.990. The summed E-state index contributed by atoms with van der Waals surface area (Å²) < 4.78 is 0. The number of amides is 1. The number of hydrogen-bond donors (Lipinski definition) is 0. The molecule has 0 saturated carbocycles. The van der Waals surface area contributed by atoms with E-state index < -0.39 is 17.9 Å². The summed E-state index contributed by atoms with van der Waals surface area (Å²) in [5.41, 5.74) is 0.588. The van der Waals surface area contributed by atoms with E-state index in [1.54, 1.807) is 43.0 Å². The number of rotatable bonds is 7. The normalized spacial score (nSPS) is 19.0. The van der Waals surface area contributed by atoms with Crippen LogP contribution in [0.5, 0.6) is 0 Å². The van der Waals surface area contributed by atoms with Gasteiger partial charge in [0.15, 0.2) is 0 Å². The fraction of sp³-hybridized carbons (Fsp3) is 0.318. The fourth-order valence-electron chi connectivity index (χ4n) is 3.25. The van der Waals surface area contributed by atoms with Crippen molar-refractivity contribution in [3.8, 4) is 0 Å². The summed E-state index contributed by atoms with van der Waals surface area (Å²) in [5.74, 6) is -1.63. The van der Waals surface area contributed by atoms with Gasteiger partial charge in [-0.05, 0) is 18.6 Å². The van der Waals surface area contributed by atoms with Crippen LogP contribution in [0.15, 0.2) is 65.6 Å². The van der Waals surface area contributed by atoms with E-state index in [0.29, 0.717) is 24.3 Å². The van der Waals surface area contributed by atoms with Crippen molar-refractivity contribution < 1.29 is 19.5 Å². The van der Waals surface area contributed by atoms with Gasteiger partial charge in [0, 0.05) is 33.9 Å². The van der Waals surface area contributed by atoms with Gasteiger partial charge in [-0.15, -0.1) is 11.8 Å². The zero-order valence-electron chi connectivity index (χ0n) is 16.7. The Labute approximate surface area is 215 Å². The monoisotopic (exact) mass is 468 g/mol. The average Bonchev–Trinajstić information content (AvgIpc) is 3.16. The Kier molecular flexibility index (Phi) is 10.2. The molecule has 8 heteroatoms. The third-order valence-corrected chi connectivity index (χ3v) is 7.14. The molecule has 0 spiro atoms. The van der Waals surface area contributed by atoms with Crippen molar-refractivity contribution in [2.75, 3.05) is 12.3 Å². The van der Waals surface area contributed by atoms with Crippen LogP contribution < -0.4 is 5.11 Å². The summed E-state index contributed by atoms with van der Waals surface area (Å²) in [6.45, 7) is 2.09. The van der Waals surface area contributed by atoms with Crippen LogP contribution in [-0.2, 0) is 9.59 Å². The van der Waals surface area contributed by atoms with Crippen LogP contribution in [-0.4, -0.2) is 83.2 Å². The largest absolute Gasteiger partial charge is 2.00 e. The number of carboxylic acid groups (broad SMARTS) is 1. The predicted octanol–water partition coefficient (Wildman–Crippen LogP) is 2.33. The number of likely N-dealkylation sites (tertiary alicyclic amines) is 1. The minimum absolute atomic E-state index is 0. The number of hydrogen-bond acceptors (Lipinski definition) is 6. The van der Waals surface area contributed by atoms with Gasteiger partial charge in [0.2, 0.25) is 11.0 Å². The SMILES string of the molecule is CC(CSC(=O)c1ccccc1)C(=O)N1CC(Sc2ccccc2)CC1C(=O)[O-].[Ca+2]. The molecule has 3 unspecified atom stereocenters. The van der Waals surface area contributed by atoms with Crippen LogP contribution in [0.3, 0.4) is 0 Å². The van der Waals surface area contributed by atoms with Gasteiger partial charge in [-0.25, -0.2) is 0 Å². The van der Waals surface area contributed by atoms with E-state index in [9.17, 15) is 19.5 Å². The minimum atomic E-state index is -1.23. The molecule has 30 heavy (non-hydrogen) atoms. The van der Waals surface area contributed by atoms with Gasteiger partial charge in [0.05, 0.1) is 12.0 Å².